The number of ether oxygens (including phenoxy) is 2. The van der Waals surface area contributed by atoms with Crippen molar-refractivity contribution >= 4 is 17.5 Å². The summed E-state index contributed by atoms with van der Waals surface area (Å²) in [5.74, 6) is 0.771. The van der Waals surface area contributed by atoms with Crippen molar-refractivity contribution in [1.29, 1.82) is 0 Å². The fourth-order valence-electron chi connectivity index (χ4n) is 4.34. The van der Waals surface area contributed by atoms with Crippen LogP contribution in [0.5, 0.6) is 11.5 Å². The molecular weight excluding hydrogens is 432 g/mol. The van der Waals surface area contributed by atoms with Crippen LogP contribution in [0.3, 0.4) is 0 Å². The monoisotopic (exact) mass is 462 g/mol. The fraction of sp³-hybridized carbons (Fsp3) is 0.333. The lowest BCUT2D eigenvalue weighted by atomic mass is 10.0. The number of rotatable bonds is 9. The number of amides is 2. The average molecular weight is 463 g/mol. The van der Waals surface area contributed by atoms with Crippen molar-refractivity contribution in [3.05, 3.63) is 78.3 Å². The summed E-state index contributed by atoms with van der Waals surface area (Å²) >= 11 is 0. The van der Waals surface area contributed by atoms with Crippen LogP contribution in [0.1, 0.15) is 54.8 Å². The van der Waals surface area contributed by atoms with Gasteiger partial charge in [-0.25, -0.2) is 0 Å². The lowest BCUT2D eigenvalue weighted by Gasteiger charge is -2.32. The maximum atomic E-state index is 13.8. The van der Waals surface area contributed by atoms with Gasteiger partial charge in [-0.2, -0.15) is 0 Å². The lowest BCUT2D eigenvalue weighted by molar-refractivity contribution is -0.123. The summed E-state index contributed by atoms with van der Waals surface area (Å²) in [7, 11) is 1.56. The molecule has 1 saturated carbocycles. The third-order valence-electron chi connectivity index (χ3n) is 6.00. The quantitative estimate of drug-likeness (QED) is 0.477. The number of nitrogens with one attached hydrogen (secondary N) is 1. The van der Waals surface area contributed by atoms with Crippen LogP contribution >= 0.6 is 0 Å². The molecule has 0 saturated heterocycles. The predicted octanol–water partition coefficient (Wildman–Crippen LogP) is 5.13. The van der Waals surface area contributed by atoms with E-state index >= 15 is 0 Å². The van der Waals surface area contributed by atoms with Crippen molar-refractivity contribution in [2.45, 2.75) is 44.7 Å². The highest BCUT2D eigenvalue weighted by molar-refractivity contribution is 6.08. The molecule has 0 radical (unpaired) electrons. The summed E-state index contributed by atoms with van der Waals surface area (Å²) in [6.07, 6.45) is 5.49. The van der Waals surface area contributed by atoms with E-state index in [1.807, 2.05) is 31.2 Å². The van der Waals surface area contributed by atoms with Gasteiger partial charge in [0.1, 0.15) is 17.5 Å². The van der Waals surface area contributed by atoms with Gasteiger partial charge in [0, 0.05) is 17.8 Å². The smallest absolute Gasteiger partial charge is 0.294 e. The third kappa shape index (κ3) is 5.25. The van der Waals surface area contributed by atoms with Gasteiger partial charge in [0.2, 0.25) is 5.91 Å². The maximum absolute atomic E-state index is 13.8. The normalized spacial score (nSPS) is 14.4. The Morgan fingerprint density at radius 3 is 2.47 bits per heavy atom. The molecule has 7 nitrogen and oxygen atoms in total. The first-order chi connectivity index (χ1) is 16.6. The SMILES string of the molecule is CCOc1ccc([C@@H](C(=O)NC2CCCC2)N(C(=O)c2ccco2)c2cccc(OC)c2)cc1. The van der Waals surface area contributed by atoms with E-state index in [4.69, 9.17) is 13.9 Å². The summed E-state index contributed by atoms with van der Waals surface area (Å²) in [6.45, 7) is 2.45. The van der Waals surface area contributed by atoms with E-state index < -0.39 is 11.9 Å². The standard InChI is InChI=1S/C27H30N2O5/c1-3-33-22-15-13-19(14-16-22)25(26(30)28-20-8-4-5-9-20)29(27(31)24-12-7-17-34-24)21-10-6-11-23(18-21)32-2/h6-7,10-18,20,25H,3-5,8-9H2,1-2H3,(H,28,30)/t25-/m0/s1. The highest BCUT2D eigenvalue weighted by atomic mass is 16.5. The lowest BCUT2D eigenvalue weighted by Crippen LogP contribution is -2.46. The molecule has 7 heteroatoms. The van der Waals surface area contributed by atoms with Crippen LogP contribution in [0.25, 0.3) is 0 Å². The minimum absolute atomic E-state index is 0.101. The van der Waals surface area contributed by atoms with Gasteiger partial charge in [-0.05, 0) is 61.7 Å². The Kier molecular flexibility index (Phi) is 7.52. The van der Waals surface area contributed by atoms with Crippen molar-refractivity contribution in [3.63, 3.8) is 0 Å². The second kappa shape index (κ2) is 10.9. The molecule has 4 rings (SSSR count). The number of benzene rings is 2. The molecule has 0 unspecified atom stereocenters. The van der Waals surface area contributed by atoms with E-state index in [0.29, 0.717) is 29.4 Å². The van der Waals surface area contributed by atoms with Gasteiger partial charge in [-0.3, -0.25) is 14.5 Å². The van der Waals surface area contributed by atoms with Crippen molar-refractivity contribution in [2.75, 3.05) is 18.6 Å². The Balaban J connectivity index is 1.80. The van der Waals surface area contributed by atoms with E-state index in [0.717, 1.165) is 25.7 Å². The highest BCUT2D eigenvalue weighted by Gasteiger charge is 2.36. The van der Waals surface area contributed by atoms with Crippen LogP contribution in [0.2, 0.25) is 0 Å². The number of carbonyl (C=O) groups is 2. The zero-order valence-corrected chi connectivity index (χ0v) is 19.5. The minimum atomic E-state index is -0.916. The first kappa shape index (κ1) is 23.4. The summed E-state index contributed by atoms with van der Waals surface area (Å²) in [5, 5.41) is 3.17. The Hall–Kier alpha value is -3.74. The van der Waals surface area contributed by atoms with Crippen molar-refractivity contribution in [1.82, 2.24) is 5.32 Å². The topological polar surface area (TPSA) is 81.0 Å². The molecule has 1 aliphatic rings. The molecule has 1 N–H and O–H groups in total. The van der Waals surface area contributed by atoms with Crippen LogP contribution in [-0.2, 0) is 4.79 Å². The zero-order valence-electron chi connectivity index (χ0n) is 19.5. The Morgan fingerprint density at radius 2 is 1.82 bits per heavy atom. The first-order valence-corrected chi connectivity index (χ1v) is 11.6. The molecule has 0 aliphatic heterocycles. The number of anilines is 1. The van der Waals surface area contributed by atoms with Gasteiger partial charge in [0.05, 0.1) is 20.0 Å². The molecule has 1 aromatic heterocycles. The van der Waals surface area contributed by atoms with E-state index in [1.165, 1.54) is 11.2 Å². The fourth-order valence-corrected chi connectivity index (χ4v) is 4.34. The number of carbonyl (C=O) groups excluding carboxylic acids is 2. The third-order valence-corrected chi connectivity index (χ3v) is 6.00. The van der Waals surface area contributed by atoms with Gasteiger partial charge < -0.3 is 19.2 Å². The summed E-state index contributed by atoms with van der Waals surface area (Å²) < 4.78 is 16.4. The van der Waals surface area contributed by atoms with Gasteiger partial charge >= 0.3 is 0 Å². The molecule has 3 aromatic rings. The molecule has 34 heavy (non-hydrogen) atoms. The molecule has 1 atom stereocenters. The first-order valence-electron chi connectivity index (χ1n) is 11.6. The van der Waals surface area contributed by atoms with E-state index in [-0.39, 0.29) is 17.7 Å². The maximum Gasteiger partial charge on any atom is 0.294 e. The number of nitrogens with zero attached hydrogens (tertiary/aromatic N) is 1. The van der Waals surface area contributed by atoms with Crippen LogP contribution in [0.4, 0.5) is 5.69 Å². The van der Waals surface area contributed by atoms with Crippen LogP contribution in [-0.4, -0.2) is 31.6 Å². The van der Waals surface area contributed by atoms with Crippen LogP contribution in [0.15, 0.2) is 71.3 Å². The van der Waals surface area contributed by atoms with Crippen LogP contribution in [0, 0.1) is 0 Å². The second-order valence-electron chi connectivity index (χ2n) is 8.25. The number of hydrogen-bond acceptors (Lipinski definition) is 5. The summed E-state index contributed by atoms with van der Waals surface area (Å²) in [4.78, 5) is 28.9. The number of methoxy groups -OCH3 is 1. The molecule has 1 aliphatic carbocycles. The number of furan rings is 1. The zero-order chi connectivity index (χ0) is 23.9. The Bertz CT molecular complexity index is 1090. The molecule has 0 spiro atoms. The van der Waals surface area contributed by atoms with E-state index in [9.17, 15) is 9.59 Å². The van der Waals surface area contributed by atoms with E-state index in [1.54, 1.807) is 43.5 Å². The summed E-state index contributed by atoms with van der Waals surface area (Å²) in [6, 6.07) is 16.8. The second-order valence-corrected chi connectivity index (χ2v) is 8.25. The average Bonchev–Trinajstić information content (AvgIpc) is 3.58. The summed E-state index contributed by atoms with van der Waals surface area (Å²) in [5.41, 5.74) is 1.20. The van der Waals surface area contributed by atoms with E-state index in [2.05, 4.69) is 5.32 Å². The molecular formula is C27H30N2O5. The highest BCUT2D eigenvalue weighted by Crippen LogP contribution is 2.33. The van der Waals surface area contributed by atoms with Crippen molar-refractivity contribution in [3.8, 4) is 11.5 Å². The Morgan fingerprint density at radius 1 is 1.06 bits per heavy atom. The van der Waals surface area contributed by atoms with Crippen molar-refractivity contribution < 1.29 is 23.5 Å². The van der Waals surface area contributed by atoms with Gasteiger partial charge in [0.15, 0.2) is 5.76 Å². The molecule has 2 amide bonds. The van der Waals surface area contributed by atoms with Crippen molar-refractivity contribution in [2.24, 2.45) is 0 Å². The predicted molar refractivity (Wildman–Crippen MR) is 129 cm³/mol. The Labute approximate surface area is 199 Å². The van der Waals surface area contributed by atoms with Gasteiger partial charge in [-0.1, -0.05) is 31.0 Å². The molecule has 178 valence electrons. The van der Waals surface area contributed by atoms with Crippen LogP contribution < -0.4 is 19.7 Å². The van der Waals surface area contributed by atoms with Gasteiger partial charge in [0.25, 0.3) is 5.91 Å². The molecule has 1 fully saturated rings. The minimum Gasteiger partial charge on any atom is -0.497 e. The molecule has 0 bridgehead atoms. The molecule has 1 heterocycles. The largest absolute Gasteiger partial charge is 0.497 e. The number of hydrogen-bond donors (Lipinski definition) is 1. The van der Waals surface area contributed by atoms with Gasteiger partial charge in [-0.15, -0.1) is 0 Å². The molecule has 2 aromatic carbocycles.